The van der Waals surface area contributed by atoms with Crippen LogP contribution in [-0.4, -0.2) is 26.6 Å². The van der Waals surface area contributed by atoms with Gasteiger partial charge in [0, 0.05) is 34.7 Å². The van der Waals surface area contributed by atoms with Crippen LogP contribution in [-0.2, 0) is 0 Å². The zero-order valence-electron chi connectivity index (χ0n) is 14.9. The number of benzene rings is 1. The van der Waals surface area contributed by atoms with E-state index in [0.29, 0.717) is 12.1 Å². The molecule has 0 aliphatic carbocycles. The van der Waals surface area contributed by atoms with Crippen LogP contribution in [0, 0.1) is 0 Å². The fraction of sp³-hybridized carbons (Fsp3) is 0.300. The van der Waals surface area contributed by atoms with Crippen molar-refractivity contribution in [2.75, 3.05) is 5.73 Å². The van der Waals surface area contributed by atoms with Gasteiger partial charge < -0.3 is 10.8 Å². The van der Waals surface area contributed by atoms with Crippen molar-refractivity contribution in [2.24, 2.45) is 0 Å². The topological polar surface area (TPSA) is 79.5 Å². The molecule has 3 N–H and O–H groups in total. The molecule has 0 saturated carbocycles. The molecule has 1 aromatic heterocycles. The second-order valence-electron chi connectivity index (χ2n) is 6.96. The summed E-state index contributed by atoms with van der Waals surface area (Å²) in [4.78, 5) is 17.7. The van der Waals surface area contributed by atoms with Crippen molar-refractivity contribution < 1.29 is 9.90 Å². The van der Waals surface area contributed by atoms with Crippen LogP contribution in [0.2, 0.25) is 0 Å². The minimum Gasteiger partial charge on any atom is -0.465 e. The minimum absolute atomic E-state index is 0.368. The lowest BCUT2D eigenvalue weighted by molar-refractivity contribution is 0.0704. The Labute approximate surface area is 148 Å². The van der Waals surface area contributed by atoms with Crippen molar-refractivity contribution >= 4 is 11.8 Å². The highest BCUT2D eigenvalue weighted by Gasteiger charge is 2.33. The van der Waals surface area contributed by atoms with E-state index in [1.165, 1.54) is 4.90 Å². The predicted octanol–water partition coefficient (Wildman–Crippen LogP) is 4.73. The van der Waals surface area contributed by atoms with Gasteiger partial charge in [0.05, 0.1) is 6.04 Å². The number of carbonyl (C=O) groups is 1. The van der Waals surface area contributed by atoms with Crippen molar-refractivity contribution in [3.05, 3.63) is 60.9 Å². The molecule has 0 saturated heterocycles. The molecule has 0 aliphatic heterocycles. The minimum atomic E-state index is -0.969. The Bertz CT molecular complexity index is 766. The largest absolute Gasteiger partial charge is 0.465 e. The lowest BCUT2D eigenvalue weighted by Crippen LogP contribution is -2.47. The van der Waals surface area contributed by atoms with Crippen LogP contribution >= 0.6 is 0 Å². The second kappa shape index (κ2) is 7.38. The van der Waals surface area contributed by atoms with Crippen molar-refractivity contribution in [2.45, 2.75) is 38.8 Å². The zero-order chi connectivity index (χ0) is 18.6. The monoisotopic (exact) mass is 339 g/mol. The van der Waals surface area contributed by atoms with E-state index >= 15 is 0 Å². The fourth-order valence-corrected chi connectivity index (χ4v) is 2.98. The summed E-state index contributed by atoms with van der Waals surface area (Å²) in [5.74, 6) is 0. The Morgan fingerprint density at radius 1 is 1.36 bits per heavy atom. The van der Waals surface area contributed by atoms with Gasteiger partial charge in [-0.05, 0) is 44.9 Å². The molecule has 25 heavy (non-hydrogen) atoms. The van der Waals surface area contributed by atoms with Crippen LogP contribution in [0.1, 0.15) is 38.8 Å². The van der Waals surface area contributed by atoms with Crippen molar-refractivity contribution in [3.8, 4) is 11.1 Å². The third-order valence-electron chi connectivity index (χ3n) is 4.05. The first-order valence-electron chi connectivity index (χ1n) is 8.18. The van der Waals surface area contributed by atoms with Crippen molar-refractivity contribution in [1.29, 1.82) is 0 Å². The Morgan fingerprint density at radius 2 is 2.04 bits per heavy atom. The standard InChI is InChI=1S/C20H25N3O2/c1-5-8-18(23(19(24)25)20(2,3)4)15-11-14(12-22-13-15)16-9-6-7-10-17(16)21/h5-7,9-13,18H,1,8,21H2,2-4H3,(H,24,25)/t18-/m0/s1. The molecule has 0 unspecified atom stereocenters. The highest BCUT2D eigenvalue weighted by molar-refractivity contribution is 5.76. The number of para-hydroxylation sites is 1. The maximum Gasteiger partial charge on any atom is 0.408 e. The molecule has 2 aromatic rings. The molecule has 132 valence electrons. The average molecular weight is 339 g/mol. The van der Waals surface area contributed by atoms with E-state index in [1.807, 2.05) is 51.1 Å². The molecule has 2 rings (SSSR count). The van der Waals surface area contributed by atoms with Gasteiger partial charge in [0.1, 0.15) is 0 Å². The third-order valence-corrected chi connectivity index (χ3v) is 4.05. The van der Waals surface area contributed by atoms with E-state index in [0.717, 1.165) is 16.7 Å². The molecule has 1 aromatic carbocycles. The number of nitrogen functional groups attached to an aromatic ring is 1. The molecule has 1 heterocycles. The van der Waals surface area contributed by atoms with E-state index < -0.39 is 11.6 Å². The maximum atomic E-state index is 11.9. The number of carboxylic acid groups (broad SMARTS) is 1. The molecule has 5 nitrogen and oxygen atoms in total. The second-order valence-corrected chi connectivity index (χ2v) is 6.96. The van der Waals surface area contributed by atoms with Crippen molar-refractivity contribution in [1.82, 2.24) is 9.88 Å². The van der Waals surface area contributed by atoms with E-state index in [1.54, 1.807) is 18.5 Å². The Balaban J connectivity index is 2.53. The van der Waals surface area contributed by atoms with Crippen LogP contribution in [0.15, 0.2) is 55.4 Å². The molecule has 0 radical (unpaired) electrons. The van der Waals surface area contributed by atoms with Gasteiger partial charge in [-0.25, -0.2) is 4.79 Å². The van der Waals surface area contributed by atoms with Crippen molar-refractivity contribution in [3.63, 3.8) is 0 Å². The Kier molecular flexibility index (Phi) is 5.47. The summed E-state index contributed by atoms with van der Waals surface area (Å²) >= 11 is 0. The molecule has 0 aliphatic rings. The number of nitrogens with zero attached hydrogens (tertiary/aromatic N) is 2. The molecule has 0 fully saturated rings. The quantitative estimate of drug-likeness (QED) is 0.610. The molecular formula is C20H25N3O2. The molecule has 5 heteroatoms. The van der Waals surface area contributed by atoms with E-state index in [4.69, 9.17) is 5.73 Å². The van der Waals surface area contributed by atoms with Crippen LogP contribution in [0.25, 0.3) is 11.1 Å². The van der Waals surface area contributed by atoms with Gasteiger partial charge in [0.2, 0.25) is 0 Å². The lowest BCUT2D eigenvalue weighted by atomic mass is 9.95. The highest BCUT2D eigenvalue weighted by atomic mass is 16.4. The predicted molar refractivity (Wildman–Crippen MR) is 101 cm³/mol. The first-order chi connectivity index (χ1) is 11.8. The van der Waals surface area contributed by atoms with Crippen LogP contribution < -0.4 is 5.73 Å². The highest BCUT2D eigenvalue weighted by Crippen LogP contribution is 2.34. The fourth-order valence-electron chi connectivity index (χ4n) is 2.98. The number of anilines is 1. The number of hydrogen-bond donors (Lipinski definition) is 2. The van der Waals surface area contributed by atoms with Crippen LogP contribution in [0.5, 0.6) is 0 Å². The smallest absolute Gasteiger partial charge is 0.408 e. The first-order valence-corrected chi connectivity index (χ1v) is 8.18. The molecule has 1 amide bonds. The lowest BCUT2D eigenvalue weighted by Gasteiger charge is -2.39. The summed E-state index contributed by atoms with van der Waals surface area (Å²) in [5.41, 5.74) is 8.74. The summed E-state index contributed by atoms with van der Waals surface area (Å²) in [6, 6.07) is 9.14. The Morgan fingerprint density at radius 3 is 2.60 bits per heavy atom. The first kappa shape index (κ1) is 18.5. The maximum absolute atomic E-state index is 11.9. The molecule has 1 atom stereocenters. The SMILES string of the molecule is C=CC[C@@H](c1cncc(-c2ccccc2N)c1)N(C(=O)O)C(C)(C)C. The Hall–Kier alpha value is -2.82. The molecule has 0 spiro atoms. The number of nitrogens with two attached hydrogens (primary N) is 1. The number of rotatable bonds is 5. The van der Waals surface area contributed by atoms with E-state index in [-0.39, 0.29) is 6.04 Å². The average Bonchev–Trinajstić information content (AvgIpc) is 2.53. The summed E-state index contributed by atoms with van der Waals surface area (Å²) in [6.45, 7) is 9.42. The van der Waals surface area contributed by atoms with Crippen LogP contribution in [0.4, 0.5) is 10.5 Å². The van der Waals surface area contributed by atoms with E-state index in [2.05, 4.69) is 11.6 Å². The van der Waals surface area contributed by atoms with Gasteiger partial charge in [-0.15, -0.1) is 6.58 Å². The van der Waals surface area contributed by atoms with Gasteiger partial charge in [-0.3, -0.25) is 9.88 Å². The third kappa shape index (κ3) is 4.18. The molecular weight excluding hydrogens is 314 g/mol. The zero-order valence-corrected chi connectivity index (χ0v) is 14.9. The number of aromatic nitrogens is 1. The summed E-state index contributed by atoms with van der Waals surface area (Å²) in [7, 11) is 0. The van der Waals surface area contributed by atoms with E-state index in [9.17, 15) is 9.90 Å². The number of hydrogen-bond acceptors (Lipinski definition) is 3. The molecule has 0 bridgehead atoms. The van der Waals surface area contributed by atoms with Gasteiger partial charge in [-0.2, -0.15) is 0 Å². The number of amides is 1. The van der Waals surface area contributed by atoms with Gasteiger partial charge in [-0.1, -0.05) is 24.3 Å². The summed E-state index contributed by atoms with van der Waals surface area (Å²) in [5, 5.41) is 9.75. The van der Waals surface area contributed by atoms with Gasteiger partial charge >= 0.3 is 6.09 Å². The van der Waals surface area contributed by atoms with Gasteiger partial charge in [0.25, 0.3) is 0 Å². The van der Waals surface area contributed by atoms with Crippen LogP contribution in [0.3, 0.4) is 0 Å². The summed E-state index contributed by atoms with van der Waals surface area (Å²) in [6.07, 6.45) is 4.71. The summed E-state index contributed by atoms with van der Waals surface area (Å²) < 4.78 is 0. The van der Waals surface area contributed by atoms with Gasteiger partial charge in [0.15, 0.2) is 0 Å². The normalized spacial score (nSPS) is 12.4. The number of pyridine rings is 1.